The highest BCUT2D eigenvalue weighted by Crippen LogP contribution is 2.09. The van der Waals surface area contributed by atoms with Gasteiger partial charge in [-0.3, -0.25) is 4.79 Å². The summed E-state index contributed by atoms with van der Waals surface area (Å²) in [6.07, 6.45) is 5.39. The molecule has 4 nitrogen and oxygen atoms in total. The van der Waals surface area contributed by atoms with Crippen LogP contribution in [-0.4, -0.2) is 21.1 Å². The van der Waals surface area contributed by atoms with E-state index in [4.69, 9.17) is 11.6 Å². The summed E-state index contributed by atoms with van der Waals surface area (Å²) in [5, 5.41) is 4.52. The predicted octanol–water partition coefficient (Wildman–Crippen LogP) is 1.73. The zero-order chi connectivity index (χ0) is 9.97. The number of carbonyl (C=O) groups excluding carboxylic acids is 1. The number of nitrogens with zero attached hydrogens (tertiary/aromatic N) is 3. The van der Waals surface area contributed by atoms with Crippen molar-refractivity contribution < 1.29 is 4.79 Å². The van der Waals surface area contributed by atoms with Crippen LogP contribution in [0.15, 0.2) is 30.7 Å². The standard InChI is InChI=1S/C9H6ClN3O/c10-8-4-12-13(5-8)9-2-1-7(6-14)3-11-9/h1-6H. The van der Waals surface area contributed by atoms with Gasteiger partial charge >= 0.3 is 0 Å². The second-order valence-electron chi connectivity index (χ2n) is 2.67. The molecule has 0 spiro atoms. The van der Waals surface area contributed by atoms with Gasteiger partial charge in [-0.1, -0.05) is 11.6 Å². The molecule has 0 N–H and O–H groups in total. The van der Waals surface area contributed by atoms with Gasteiger partial charge in [-0.15, -0.1) is 0 Å². The van der Waals surface area contributed by atoms with Gasteiger partial charge in [0.25, 0.3) is 0 Å². The van der Waals surface area contributed by atoms with E-state index in [1.54, 1.807) is 18.3 Å². The molecule has 0 radical (unpaired) electrons. The van der Waals surface area contributed by atoms with E-state index in [1.165, 1.54) is 17.1 Å². The Balaban J connectivity index is 2.38. The first kappa shape index (κ1) is 8.90. The van der Waals surface area contributed by atoms with Gasteiger partial charge in [0.05, 0.1) is 17.4 Å². The Morgan fingerprint density at radius 3 is 2.71 bits per heavy atom. The van der Waals surface area contributed by atoms with Crippen molar-refractivity contribution in [3.63, 3.8) is 0 Å². The van der Waals surface area contributed by atoms with Crippen LogP contribution in [0.1, 0.15) is 10.4 Å². The fraction of sp³-hybridized carbons (Fsp3) is 0. The normalized spacial score (nSPS) is 10.1. The van der Waals surface area contributed by atoms with Crippen LogP contribution in [-0.2, 0) is 0 Å². The third-order valence-corrected chi connectivity index (χ3v) is 1.89. The summed E-state index contributed by atoms with van der Waals surface area (Å²) in [5.74, 6) is 0.627. The van der Waals surface area contributed by atoms with Crippen LogP contribution in [0.4, 0.5) is 0 Å². The van der Waals surface area contributed by atoms with E-state index in [0.29, 0.717) is 16.4 Å². The van der Waals surface area contributed by atoms with Crippen LogP contribution in [0.5, 0.6) is 0 Å². The number of aldehydes is 1. The zero-order valence-electron chi connectivity index (χ0n) is 7.09. The lowest BCUT2D eigenvalue weighted by Gasteiger charge is -1.98. The van der Waals surface area contributed by atoms with Crippen molar-refractivity contribution in [1.82, 2.24) is 14.8 Å². The summed E-state index contributed by atoms with van der Waals surface area (Å²) in [6, 6.07) is 3.37. The first-order valence-electron chi connectivity index (χ1n) is 3.91. The van der Waals surface area contributed by atoms with Gasteiger partial charge in [0.2, 0.25) is 0 Å². The number of aromatic nitrogens is 3. The second kappa shape index (κ2) is 3.59. The first-order chi connectivity index (χ1) is 6.79. The van der Waals surface area contributed by atoms with Gasteiger partial charge in [-0.2, -0.15) is 5.10 Å². The Morgan fingerprint density at radius 1 is 1.36 bits per heavy atom. The number of carbonyl (C=O) groups is 1. The minimum atomic E-state index is 0.534. The Bertz CT molecular complexity index is 449. The van der Waals surface area contributed by atoms with Gasteiger partial charge in [-0.05, 0) is 12.1 Å². The van der Waals surface area contributed by atoms with Crippen molar-refractivity contribution in [3.05, 3.63) is 41.3 Å². The largest absolute Gasteiger partial charge is 0.298 e. The van der Waals surface area contributed by atoms with Gasteiger partial charge in [-0.25, -0.2) is 9.67 Å². The van der Waals surface area contributed by atoms with Crippen LogP contribution < -0.4 is 0 Å². The molecule has 0 aromatic carbocycles. The predicted molar refractivity (Wildman–Crippen MR) is 51.8 cm³/mol. The second-order valence-corrected chi connectivity index (χ2v) is 3.11. The number of rotatable bonds is 2. The molecule has 2 rings (SSSR count). The molecule has 2 aromatic rings. The summed E-state index contributed by atoms with van der Waals surface area (Å²) >= 11 is 5.70. The lowest BCUT2D eigenvalue weighted by atomic mass is 10.3. The Kier molecular flexibility index (Phi) is 2.28. The minimum absolute atomic E-state index is 0.534. The highest BCUT2D eigenvalue weighted by molar-refractivity contribution is 6.30. The van der Waals surface area contributed by atoms with E-state index in [-0.39, 0.29) is 0 Å². The number of hydrogen-bond donors (Lipinski definition) is 0. The summed E-state index contributed by atoms with van der Waals surface area (Å²) in [7, 11) is 0. The number of halogens is 1. The molecule has 0 fully saturated rings. The van der Waals surface area contributed by atoms with Gasteiger partial charge in [0, 0.05) is 11.8 Å². The topological polar surface area (TPSA) is 47.8 Å². The van der Waals surface area contributed by atoms with Crippen molar-refractivity contribution in [2.45, 2.75) is 0 Å². The molecule has 0 bridgehead atoms. The lowest BCUT2D eigenvalue weighted by Crippen LogP contribution is -1.97. The molecule has 0 saturated carbocycles. The molecule has 0 aliphatic heterocycles. The molecule has 0 aliphatic carbocycles. The molecule has 0 atom stereocenters. The van der Waals surface area contributed by atoms with Crippen LogP contribution in [0.3, 0.4) is 0 Å². The number of hydrogen-bond acceptors (Lipinski definition) is 3. The Morgan fingerprint density at radius 2 is 2.21 bits per heavy atom. The van der Waals surface area contributed by atoms with Gasteiger partial charge < -0.3 is 0 Å². The monoisotopic (exact) mass is 207 g/mol. The van der Waals surface area contributed by atoms with Crippen LogP contribution in [0, 0.1) is 0 Å². The highest BCUT2D eigenvalue weighted by Gasteiger charge is 1.99. The van der Waals surface area contributed by atoms with E-state index < -0.39 is 0 Å². The average molecular weight is 208 g/mol. The third kappa shape index (κ3) is 1.65. The fourth-order valence-electron chi connectivity index (χ4n) is 1.03. The van der Waals surface area contributed by atoms with Gasteiger partial charge in [0.1, 0.15) is 0 Å². The summed E-state index contributed by atoms with van der Waals surface area (Å²) in [5.41, 5.74) is 0.534. The molecule has 70 valence electrons. The molecule has 2 heterocycles. The lowest BCUT2D eigenvalue weighted by molar-refractivity contribution is 0.112. The first-order valence-corrected chi connectivity index (χ1v) is 4.29. The van der Waals surface area contributed by atoms with Crippen LogP contribution in [0.25, 0.3) is 5.82 Å². The van der Waals surface area contributed by atoms with Crippen molar-refractivity contribution in [1.29, 1.82) is 0 Å². The SMILES string of the molecule is O=Cc1ccc(-n2cc(Cl)cn2)nc1. The smallest absolute Gasteiger partial charge is 0.153 e. The molecule has 0 amide bonds. The summed E-state index contributed by atoms with van der Waals surface area (Å²) < 4.78 is 1.54. The zero-order valence-corrected chi connectivity index (χ0v) is 7.85. The van der Waals surface area contributed by atoms with Crippen molar-refractivity contribution >= 4 is 17.9 Å². The van der Waals surface area contributed by atoms with Crippen molar-refractivity contribution in [2.75, 3.05) is 0 Å². The van der Waals surface area contributed by atoms with Crippen molar-refractivity contribution in [2.24, 2.45) is 0 Å². The van der Waals surface area contributed by atoms with E-state index in [1.807, 2.05) is 0 Å². The average Bonchev–Trinajstić information content (AvgIpc) is 2.65. The van der Waals surface area contributed by atoms with Gasteiger partial charge in [0.15, 0.2) is 12.1 Å². The Hall–Kier alpha value is -1.68. The maximum Gasteiger partial charge on any atom is 0.153 e. The third-order valence-electron chi connectivity index (χ3n) is 1.69. The van der Waals surface area contributed by atoms with Crippen LogP contribution in [0.2, 0.25) is 5.02 Å². The fourth-order valence-corrected chi connectivity index (χ4v) is 1.16. The molecular formula is C9H6ClN3O. The number of pyridine rings is 1. The van der Waals surface area contributed by atoms with E-state index in [0.717, 1.165) is 6.29 Å². The van der Waals surface area contributed by atoms with E-state index in [9.17, 15) is 4.79 Å². The maximum atomic E-state index is 10.4. The molecule has 14 heavy (non-hydrogen) atoms. The molecule has 0 unspecified atom stereocenters. The molecular weight excluding hydrogens is 202 g/mol. The van der Waals surface area contributed by atoms with Crippen LogP contribution >= 0.6 is 11.6 Å². The van der Waals surface area contributed by atoms with E-state index in [2.05, 4.69) is 10.1 Å². The summed E-state index contributed by atoms with van der Waals surface area (Å²) in [6.45, 7) is 0. The highest BCUT2D eigenvalue weighted by atomic mass is 35.5. The minimum Gasteiger partial charge on any atom is -0.298 e. The summed E-state index contributed by atoms with van der Waals surface area (Å²) in [4.78, 5) is 14.4. The molecule has 5 heteroatoms. The quantitative estimate of drug-likeness (QED) is 0.705. The maximum absolute atomic E-state index is 10.4. The van der Waals surface area contributed by atoms with Crippen molar-refractivity contribution in [3.8, 4) is 5.82 Å². The molecule has 2 aromatic heterocycles. The van der Waals surface area contributed by atoms with E-state index >= 15 is 0 Å². The molecule has 0 saturated heterocycles. The molecule has 0 aliphatic rings. The Labute approximate surface area is 85.1 Å².